The molecule has 6 rings (SSSR count). The third-order valence-electron chi connectivity index (χ3n) is 11.9. The standard InChI is InChI=1S/2C23H26N.C13H22F2O2.Ir/c2*1-15(2)17-7-8-21-18(13-17)9-10-24-22(21)19-11-16(3)12-20(14-19)23(4,5)6;1-4-9(5-2)11(16)8-12(17)10(6-3)7-13(14)15;/h2*7-10,12-15H,1-6H3;8-10,13,17H,4-7H2,1-3H3;/q2*-1;;/b;;12-8-;/i2*9D,10D;;. The van der Waals surface area contributed by atoms with Gasteiger partial charge in [0.25, 0.3) is 0 Å². The summed E-state index contributed by atoms with van der Waals surface area (Å²) in [7, 11) is 0. The molecule has 1 N–H and O–H groups in total. The minimum absolute atomic E-state index is 0. The Morgan fingerprint density at radius 3 is 1.41 bits per heavy atom. The summed E-state index contributed by atoms with van der Waals surface area (Å²) in [5.74, 6) is -0.357. The van der Waals surface area contributed by atoms with Crippen molar-refractivity contribution < 1.29 is 44.3 Å². The zero-order valence-corrected chi connectivity index (χ0v) is 44.3. The second-order valence-corrected chi connectivity index (χ2v) is 20.0. The van der Waals surface area contributed by atoms with Crippen molar-refractivity contribution in [1.29, 1.82) is 0 Å². The number of aliphatic hydroxyl groups is 1. The quantitative estimate of drug-likeness (QED) is 0.0754. The van der Waals surface area contributed by atoms with E-state index in [2.05, 4.69) is 128 Å². The first kappa shape index (κ1) is 49.3. The van der Waals surface area contributed by atoms with Gasteiger partial charge in [-0.3, -0.25) is 4.79 Å². The van der Waals surface area contributed by atoms with Gasteiger partial charge in [-0.15, -0.1) is 69.8 Å². The zero-order chi connectivity index (χ0) is 51.9. The van der Waals surface area contributed by atoms with Crippen molar-refractivity contribution in [3.63, 3.8) is 0 Å². The summed E-state index contributed by atoms with van der Waals surface area (Å²) in [6.07, 6.45) is 0.113. The monoisotopic (exact) mass is 1080 g/mol. The molecule has 357 valence electrons. The van der Waals surface area contributed by atoms with Crippen LogP contribution in [-0.2, 0) is 35.7 Å². The van der Waals surface area contributed by atoms with Gasteiger partial charge in [0, 0.05) is 56.8 Å². The van der Waals surface area contributed by atoms with Crippen molar-refractivity contribution in [1.82, 2.24) is 9.97 Å². The summed E-state index contributed by atoms with van der Waals surface area (Å²) in [4.78, 5) is 20.6. The van der Waals surface area contributed by atoms with E-state index in [0.717, 1.165) is 61.3 Å². The average Bonchev–Trinajstić information content (AvgIpc) is 3.27. The first-order chi connectivity index (χ1) is 32.1. The zero-order valence-electron chi connectivity index (χ0n) is 45.9. The Balaban J connectivity index is 0.000000283. The second kappa shape index (κ2) is 24.4. The number of aryl methyl sites for hydroxylation is 2. The van der Waals surface area contributed by atoms with Gasteiger partial charge in [-0.1, -0.05) is 140 Å². The maximum Gasteiger partial charge on any atom is 0.239 e. The number of alkyl halides is 2. The number of aromatic nitrogens is 2. The number of pyridine rings is 2. The predicted molar refractivity (Wildman–Crippen MR) is 271 cm³/mol. The van der Waals surface area contributed by atoms with E-state index in [4.69, 9.17) is 5.48 Å². The van der Waals surface area contributed by atoms with Gasteiger partial charge in [0.15, 0.2) is 5.78 Å². The Morgan fingerprint density at radius 1 is 0.682 bits per heavy atom. The van der Waals surface area contributed by atoms with Crippen LogP contribution < -0.4 is 0 Å². The number of rotatable bonds is 12. The van der Waals surface area contributed by atoms with Gasteiger partial charge in [-0.05, 0) is 98.1 Å². The average molecular weight is 1080 g/mol. The van der Waals surface area contributed by atoms with Crippen molar-refractivity contribution in [2.45, 2.75) is 159 Å². The van der Waals surface area contributed by atoms with Crippen molar-refractivity contribution in [3.05, 3.63) is 142 Å². The fourth-order valence-corrected chi connectivity index (χ4v) is 7.62. The van der Waals surface area contributed by atoms with Gasteiger partial charge in [0.1, 0.15) is 0 Å². The number of carbonyl (C=O) groups is 1. The van der Waals surface area contributed by atoms with E-state index < -0.39 is 18.8 Å². The van der Waals surface area contributed by atoms with Gasteiger partial charge < -0.3 is 15.1 Å². The van der Waals surface area contributed by atoms with E-state index in [1.165, 1.54) is 22.3 Å². The van der Waals surface area contributed by atoms with Crippen LogP contribution in [-0.4, -0.2) is 27.3 Å². The minimum Gasteiger partial charge on any atom is -0.512 e. The van der Waals surface area contributed by atoms with Crippen LogP contribution in [0.25, 0.3) is 44.1 Å². The van der Waals surface area contributed by atoms with E-state index >= 15 is 0 Å². The molecule has 0 saturated heterocycles. The van der Waals surface area contributed by atoms with Crippen LogP contribution in [0.3, 0.4) is 0 Å². The normalized spacial score (nSPS) is 13.4. The van der Waals surface area contributed by atoms with Crippen LogP contribution in [0.5, 0.6) is 0 Å². The number of ketones is 1. The first-order valence-electron chi connectivity index (χ1n) is 25.2. The summed E-state index contributed by atoms with van der Waals surface area (Å²) in [6.45, 7) is 31.3. The molecule has 4 aromatic carbocycles. The van der Waals surface area contributed by atoms with Gasteiger partial charge in [0.05, 0.1) is 11.2 Å². The molecule has 0 amide bonds. The van der Waals surface area contributed by atoms with Crippen LogP contribution in [0.1, 0.15) is 166 Å². The number of aliphatic hydroxyl groups excluding tert-OH is 1. The van der Waals surface area contributed by atoms with Gasteiger partial charge in [0.2, 0.25) is 6.43 Å². The SMILES string of the molecule is CCC(CC)C(=O)/C=C(\O)C(CC)CC(F)F.[2H]c1nc(-c2[c-]c(C)cc(C(C)(C)C)c2)c2ccc(C(C)C)cc2c1[2H].[2H]c1nc(-c2[c-]c(C)cc(C(C)(C)C)c2)c2ccc(C(C)C)cc2c1[2H].[Ir]. The molecule has 0 aliphatic carbocycles. The molecular weight excluding hydrogens is 999 g/mol. The van der Waals surface area contributed by atoms with Crippen molar-refractivity contribution >= 4 is 27.3 Å². The van der Waals surface area contributed by atoms with E-state index in [1.807, 2.05) is 52.0 Å². The van der Waals surface area contributed by atoms with Gasteiger partial charge in [-0.2, -0.15) is 0 Å². The second-order valence-electron chi connectivity index (χ2n) is 20.0. The van der Waals surface area contributed by atoms with Crippen molar-refractivity contribution in [2.75, 3.05) is 0 Å². The fourth-order valence-electron chi connectivity index (χ4n) is 7.62. The minimum atomic E-state index is -2.46. The van der Waals surface area contributed by atoms with Crippen LogP contribution in [0.15, 0.2) is 96.9 Å². The molecule has 1 radical (unpaired) electrons. The van der Waals surface area contributed by atoms with E-state index in [9.17, 15) is 18.7 Å². The number of allylic oxidation sites excluding steroid dienone is 2. The number of halogens is 2. The number of hydrogen-bond acceptors (Lipinski definition) is 4. The van der Waals surface area contributed by atoms with Crippen LogP contribution in [0.4, 0.5) is 8.78 Å². The number of hydrogen-bond donors (Lipinski definition) is 1. The molecule has 7 heteroatoms. The third kappa shape index (κ3) is 15.2. The molecule has 2 heterocycles. The Morgan fingerprint density at radius 2 is 1.08 bits per heavy atom. The molecule has 6 aromatic rings. The van der Waals surface area contributed by atoms with Crippen molar-refractivity contribution in [2.24, 2.45) is 11.8 Å². The molecule has 66 heavy (non-hydrogen) atoms. The van der Waals surface area contributed by atoms with Crippen LogP contribution >= 0.6 is 0 Å². The number of nitrogens with zero attached hydrogens (tertiary/aromatic N) is 2. The molecule has 0 spiro atoms. The van der Waals surface area contributed by atoms with Gasteiger partial charge >= 0.3 is 0 Å². The van der Waals surface area contributed by atoms with E-state index in [1.54, 1.807) is 6.92 Å². The molecule has 1 unspecified atom stereocenters. The Labute approximate surface area is 415 Å². The summed E-state index contributed by atoms with van der Waals surface area (Å²) >= 11 is 0. The summed E-state index contributed by atoms with van der Waals surface area (Å²) in [5, 5.41) is 13.1. The molecule has 1 atom stereocenters. The number of fused-ring (bicyclic) bond motifs is 2. The molecule has 0 fully saturated rings. The third-order valence-corrected chi connectivity index (χ3v) is 11.9. The van der Waals surface area contributed by atoms with Gasteiger partial charge in [-0.25, -0.2) is 8.78 Å². The largest absolute Gasteiger partial charge is 0.512 e. The number of benzene rings is 4. The maximum atomic E-state index is 12.2. The number of carbonyl (C=O) groups excluding carboxylic acids is 1. The molecule has 2 aromatic heterocycles. The van der Waals surface area contributed by atoms with Crippen LogP contribution in [0.2, 0.25) is 0 Å². The summed E-state index contributed by atoms with van der Waals surface area (Å²) < 4.78 is 57.5. The fraction of sp³-hybridized carbons (Fsp3) is 0.441. The molecular formula is C59H74F2IrN2O2-2. The molecule has 0 bridgehead atoms. The Hall–Kier alpha value is -4.58. The Bertz CT molecular complexity index is 2630. The maximum absolute atomic E-state index is 12.2. The molecule has 0 aliphatic rings. The smallest absolute Gasteiger partial charge is 0.239 e. The summed E-state index contributed by atoms with van der Waals surface area (Å²) in [5.41, 5.74) is 10.2. The van der Waals surface area contributed by atoms with Crippen molar-refractivity contribution in [3.8, 4) is 22.5 Å². The Kier molecular flexibility index (Phi) is 18.3. The van der Waals surface area contributed by atoms with E-state index in [-0.39, 0.29) is 72.8 Å². The van der Waals surface area contributed by atoms with E-state index in [0.29, 0.717) is 31.1 Å². The summed E-state index contributed by atoms with van der Waals surface area (Å²) in [6, 6.07) is 28.1. The molecule has 0 saturated carbocycles. The molecule has 4 nitrogen and oxygen atoms in total. The predicted octanol–water partition coefficient (Wildman–Crippen LogP) is 17.0. The van der Waals surface area contributed by atoms with Crippen LogP contribution in [0, 0.1) is 37.8 Å². The first-order valence-corrected chi connectivity index (χ1v) is 23.2. The molecule has 0 aliphatic heterocycles. The topological polar surface area (TPSA) is 63.1 Å².